The Hall–Kier alpha value is 0.190. The van der Waals surface area contributed by atoms with E-state index in [4.69, 9.17) is 12.0 Å². The van der Waals surface area contributed by atoms with Crippen molar-refractivity contribution < 1.29 is 4.65 Å². The molecule has 0 unspecified atom stereocenters. The molecule has 0 aromatic rings. The molecule has 1 radical (unpaired) electrons. The zero-order valence-corrected chi connectivity index (χ0v) is 5.58. The SMILES string of the molecule is [B]=BB=BB=BOCC. The van der Waals surface area contributed by atoms with E-state index in [9.17, 15) is 0 Å². The summed E-state index contributed by atoms with van der Waals surface area (Å²) in [6, 6.07) is 0. The molecule has 0 heterocycles. The van der Waals surface area contributed by atoms with Gasteiger partial charge in [-0.15, -0.1) is 0 Å². The molecule has 0 spiro atoms. The first kappa shape index (κ1) is 9.19. The molecule has 0 saturated carbocycles. The number of hydrogen-bond donors (Lipinski definition) is 0. The summed E-state index contributed by atoms with van der Waals surface area (Å²) in [7, 11) is 6.68. The van der Waals surface area contributed by atoms with E-state index in [1.54, 1.807) is 27.1 Å². The fourth-order valence-electron chi connectivity index (χ4n) is 0.325. The van der Waals surface area contributed by atoms with Crippen LogP contribution in [0, 0.1) is 0 Å². The molecule has 0 aromatic carbocycles. The van der Waals surface area contributed by atoms with Gasteiger partial charge in [0.25, 0.3) is 0 Å². The van der Waals surface area contributed by atoms with Crippen LogP contribution in [-0.2, 0) is 4.65 Å². The van der Waals surface area contributed by atoms with Crippen LogP contribution in [0.25, 0.3) is 0 Å². The first-order valence-corrected chi connectivity index (χ1v) is 2.90. The third-order valence-electron chi connectivity index (χ3n) is 0.675. The zero-order valence-electron chi connectivity index (χ0n) is 5.58. The van der Waals surface area contributed by atoms with Gasteiger partial charge in [-0.1, -0.05) is 0 Å². The third kappa shape index (κ3) is 8.19. The Labute approximate surface area is 60.0 Å². The molecule has 0 aliphatic carbocycles. The van der Waals surface area contributed by atoms with Crippen LogP contribution >= 0.6 is 0 Å². The monoisotopic (exact) mass is 111 g/mol. The molecular formula is C2H5B6O. The summed E-state index contributed by atoms with van der Waals surface area (Å²) in [5.41, 5.74) is 0. The van der Waals surface area contributed by atoms with Crippen LogP contribution in [0.2, 0.25) is 0 Å². The molecule has 0 bridgehead atoms. The van der Waals surface area contributed by atoms with Crippen molar-refractivity contribution in [2.75, 3.05) is 6.61 Å². The Morgan fingerprint density at radius 3 is 2.67 bits per heavy atom. The van der Waals surface area contributed by atoms with E-state index in [-0.39, 0.29) is 0 Å². The van der Waals surface area contributed by atoms with E-state index in [1.165, 1.54) is 6.69 Å². The summed E-state index contributed by atoms with van der Waals surface area (Å²) in [6.07, 6.45) is 0. The van der Waals surface area contributed by atoms with Gasteiger partial charge in [0.15, 0.2) is 0 Å². The summed E-state index contributed by atoms with van der Waals surface area (Å²) < 4.78 is 4.89. The topological polar surface area (TPSA) is 9.23 Å². The van der Waals surface area contributed by atoms with Crippen molar-refractivity contribution in [1.82, 2.24) is 0 Å². The fourth-order valence-corrected chi connectivity index (χ4v) is 0.325. The molecule has 0 amide bonds. The van der Waals surface area contributed by atoms with E-state index in [0.717, 1.165) is 0 Å². The summed E-state index contributed by atoms with van der Waals surface area (Å²) >= 11 is 0. The van der Waals surface area contributed by atoms with Crippen molar-refractivity contribution >= 4 is 41.1 Å². The maximum atomic E-state index is 5.06. The molecule has 0 aliphatic rings. The van der Waals surface area contributed by atoms with E-state index in [2.05, 4.69) is 0 Å². The molecule has 0 rings (SSSR count). The molecular weight excluding hydrogens is 105 g/mol. The van der Waals surface area contributed by atoms with Crippen molar-refractivity contribution in [3.8, 4) is 0 Å². The Morgan fingerprint density at radius 2 is 2.11 bits per heavy atom. The van der Waals surface area contributed by atoms with Crippen LogP contribution in [0.4, 0.5) is 0 Å². The first-order chi connectivity index (χ1) is 4.41. The van der Waals surface area contributed by atoms with Gasteiger partial charge >= 0.3 is 59.3 Å². The first-order valence-electron chi connectivity index (χ1n) is 2.90. The fraction of sp³-hybridized carbons (Fsp3) is 1.00. The van der Waals surface area contributed by atoms with Crippen molar-refractivity contribution in [2.24, 2.45) is 0 Å². The minimum absolute atomic E-state index is 0.705. The number of hydrogen-bond acceptors (Lipinski definition) is 1. The Morgan fingerprint density at radius 1 is 1.33 bits per heavy atom. The molecule has 0 aliphatic heterocycles. The van der Waals surface area contributed by atoms with Gasteiger partial charge in [0, 0.05) is 0 Å². The van der Waals surface area contributed by atoms with Crippen LogP contribution < -0.4 is 0 Å². The van der Waals surface area contributed by atoms with Gasteiger partial charge < -0.3 is 0 Å². The molecule has 0 saturated heterocycles. The quantitative estimate of drug-likeness (QED) is 0.388. The van der Waals surface area contributed by atoms with Crippen LogP contribution in [0.15, 0.2) is 0 Å². The van der Waals surface area contributed by atoms with E-state index in [1.807, 2.05) is 6.92 Å². The molecule has 0 aromatic heterocycles. The van der Waals surface area contributed by atoms with Gasteiger partial charge in [0.05, 0.1) is 0 Å². The third-order valence-corrected chi connectivity index (χ3v) is 0.675. The van der Waals surface area contributed by atoms with Crippen molar-refractivity contribution in [1.29, 1.82) is 0 Å². The second-order valence-electron chi connectivity index (χ2n) is 1.36. The summed E-state index contributed by atoms with van der Waals surface area (Å²) in [5, 5.41) is 0. The molecule has 1 nitrogen and oxygen atoms in total. The minimum atomic E-state index is 0.705. The van der Waals surface area contributed by atoms with Gasteiger partial charge in [-0.3, -0.25) is 0 Å². The van der Waals surface area contributed by atoms with Gasteiger partial charge in [0.1, 0.15) is 0 Å². The van der Waals surface area contributed by atoms with Crippen LogP contribution in [0.1, 0.15) is 6.92 Å². The van der Waals surface area contributed by atoms with E-state index >= 15 is 0 Å². The Bertz CT molecular complexity index is 118. The second-order valence-corrected chi connectivity index (χ2v) is 1.36. The summed E-state index contributed by atoms with van der Waals surface area (Å²) in [4.78, 5) is 0. The Balaban J connectivity index is 3.23. The predicted octanol–water partition coefficient (Wildman–Crippen LogP) is -1.80. The van der Waals surface area contributed by atoms with Crippen LogP contribution in [0.5, 0.6) is 0 Å². The molecule has 0 fully saturated rings. The van der Waals surface area contributed by atoms with Gasteiger partial charge in [0.2, 0.25) is 0 Å². The predicted molar refractivity (Wildman–Crippen MR) is 46.2 cm³/mol. The molecule has 0 N–H and O–H groups in total. The zero-order chi connectivity index (χ0) is 6.95. The standard InChI is InChI=1S/C2H5B6O/c1-2-9-8-7-6-5-4-3/h2H2,1H3. The molecule has 37 valence electrons. The van der Waals surface area contributed by atoms with Gasteiger partial charge in [-0.2, -0.15) is 0 Å². The average molecular weight is 110 g/mol. The van der Waals surface area contributed by atoms with Crippen molar-refractivity contribution in [3.05, 3.63) is 0 Å². The normalized spacial score (nSPS) is 6.67. The van der Waals surface area contributed by atoms with Crippen molar-refractivity contribution in [2.45, 2.75) is 6.92 Å². The summed E-state index contributed by atoms with van der Waals surface area (Å²) in [6.45, 7) is 9.42. The van der Waals surface area contributed by atoms with Gasteiger partial charge in [-0.25, -0.2) is 0 Å². The van der Waals surface area contributed by atoms with Gasteiger partial charge in [-0.05, 0) is 0 Å². The maximum absolute atomic E-state index is 5.06. The number of rotatable bonds is 4. The molecule has 7 heteroatoms. The van der Waals surface area contributed by atoms with Crippen LogP contribution in [-0.4, -0.2) is 47.8 Å². The molecule has 9 heavy (non-hydrogen) atoms. The Kier molecular flexibility index (Phi) is 8.36. The average Bonchev–Trinajstić information content (AvgIpc) is 1.89. The molecule has 0 atom stereocenters. The summed E-state index contributed by atoms with van der Waals surface area (Å²) in [5.74, 6) is 0. The second kappa shape index (κ2) is 8.19. The van der Waals surface area contributed by atoms with E-state index in [0.29, 0.717) is 6.61 Å². The van der Waals surface area contributed by atoms with Crippen LogP contribution in [0.3, 0.4) is 0 Å². The van der Waals surface area contributed by atoms with E-state index < -0.39 is 0 Å². The van der Waals surface area contributed by atoms with Crippen molar-refractivity contribution in [3.63, 3.8) is 0 Å².